The van der Waals surface area contributed by atoms with Gasteiger partial charge in [-0.2, -0.15) is 5.26 Å². The van der Waals surface area contributed by atoms with Gasteiger partial charge in [0.15, 0.2) is 0 Å². The van der Waals surface area contributed by atoms with Crippen molar-refractivity contribution >= 4 is 17.5 Å². The zero-order chi connectivity index (χ0) is 23.5. The average molecular weight is 441 g/mol. The van der Waals surface area contributed by atoms with Crippen LogP contribution in [0.25, 0.3) is 0 Å². The Bertz CT molecular complexity index is 1330. The summed E-state index contributed by atoms with van der Waals surface area (Å²) in [7, 11) is 0. The van der Waals surface area contributed by atoms with Crippen LogP contribution in [0.3, 0.4) is 0 Å². The van der Waals surface area contributed by atoms with Gasteiger partial charge in [-0.1, -0.05) is 24.3 Å². The number of aryl methyl sites for hydroxylation is 3. The lowest BCUT2D eigenvalue weighted by Gasteiger charge is -2.15. The quantitative estimate of drug-likeness (QED) is 0.635. The third kappa shape index (κ3) is 4.55. The highest BCUT2D eigenvalue weighted by molar-refractivity contribution is 5.96. The van der Waals surface area contributed by atoms with E-state index >= 15 is 0 Å². The second kappa shape index (κ2) is 9.13. The van der Waals surface area contributed by atoms with E-state index in [9.17, 15) is 19.6 Å². The number of hydrogen-bond acceptors (Lipinski definition) is 4. The summed E-state index contributed by atoms with van der Waals surface area (Å²) in [6, 6.07) is 18.4. The predicted octanol–water partition coefficient (Wildman–Crippen LogP) is 3.39. The van der Waals surface area contributed by atoms with Gasteiger partial charge in [-0.3, -0.25) is 14.4 Å². The Kier molecular flexibility index (Phi) is 6.09. The first-order chi connectivity index (χ1) is 15.9. The van der Waals surface area contributed by atoms with E-state index in [-0.39, 0.29) is 24.1 Å². The van der Waals surface area contributed by atoms with E-state index in [0.717, 1.165) is 18.4 Å². The SMILES string of the molecule is Cc1cc(C)n(CC(=O)Nc2ccc(C(=O)N[C@H]3CCc4ccccc43)cc2)c(=O)c1C#N. The summed E-state index contributed by atoms with van der Waals surface area (Å²) in [5.41, 5.74) is 4.20. The summed E-state index contributed by atoms with van der Waals surface area (Å²) in [4.78, 5) is 37.7. The molecule has 1 aliphatic rings. The lowest BCUT2D eigenvalue weighted by molar-refractivity contribution is -0.116. The first-order valence-corrected chi connectivity index (χ1v) is 10.8. The number of rotatable bonds is 5. The first kappa shape index (κ1) is 22.0. The molecule has 1 aliphatic carbocycles. The highest BCUT2D eigenvalue weighted by atomic mass is 16.2. The summed E-state index contributed by atoms with van der Waals surface area (Å²) in [6.45, 7) is 3.21. The number of carbonyl (C=O) groups excluding carboxylic acids is 2. The standard InChI is InChI=1S/C26H24N4O3/c1-16-13-17(2)30(26(33)22(16)14-27)15-24(31)28-20-10-7-19(8-11-20)25(32)29-23-12-9-18-5-3-4-6-21(18)23/h3-8,10-11,13,23H,9,12,15H2,1-2H3,(H,28,31)(H,29,32)/t23-/m0/s1. The minimum Gasteiger partial charge on any atom is -0.345 e. The predicted molar refractivity (Wildman–Crippen MR) is 125 cm³/mol. The summed E-state index contributed by atoms with van der Waals surface area (Å²) < 4.78 is 1.28. The Morgan fingerprint density at radius 3 is 2.58 bits per heavy atom. The number of anilines is 1. The molecule has 7 heteroatoms. The van der Waals surface area contributed by atoms with Gasteiger partial charge in [0.05, 0.1) is 6.04 Å². The molecule has 0 bridgehead atoms. The molecule has 1 atom stereocenters. The molecule has 1 heterocycles. The van der Waals surface area contributed by atoms with Gasteiger partial charge >= 0.3 is 0 Å². The van der Waals surface area contributed by atoms with Gasteiger partial charge in [-0.25, -0.2) is 0 Å². The number of aromatic nitrogens is 1. The molecule has 1 aromatic heterocycles. The van der Waals surface area contributed by atoms with Crippen LogP contribution in [0.2, 0.25) is 0 Å². The molecule has 0 radical (unpaired) electrons. The normalized spacial score (nSPS) is 14.3. The largest absolute Gasteiger partial charge is 0.345 e. The molecular weight excluding hydrogens is 416 g/mol. The first-order valence-electron chi connectivity index (χ1n) is 10.8. The van der Waals surface area contributed by atoms with Gasteiger partial charge < -0.3 is 15.2 Å². The fraction of sp³-hybridized carbons (Fsp3) is 0.231. The van der Waals surface area contributed by atoms with Crippen LogP contribution in [-0.4, -0.2) is 16.4 Å². The maximum atomic E-state index is 12.7. The molecule has 0 saturated heterocycles. The van der Waals surface area contributed by atoms with E-state index in [2.05, 4.69) is 16.7 Å². The molecule has 0 spiro atoms. The van der Waals surface area contributed by atoms with Crippen molar-refractivity contribution in [2.75, 3.05) is 5.32 Å². The zero-order valence-electron chi connectivity index (χ0n) is 18.5. The van der Waals surface area contributed by atoms with Crippen LogP contribution < -0.4 is 16.2 Å². The maximum Gasteiger partial charge on any atom is 0.269 e. The highest BCUT2D eigenvalue weighted by Gasteiger charge is 2.23. The van der Waals surface area contributed by atoms with E-state index < -0.39 is 11.5 Å². The maximum absolute atomic E-state index is 12.7. The number of pyridine rings is 1. The number of amides is 2. The number of nitriles is 1. The van der Waals surface area contributed by atoms with E-state index in [4.69, 9.17) is 0 Å². The Morgan fingerprint density at radius 1 is 1.12 bits per heavy atom. The summed E-state index contributed by atoms with van der Waals surface area (Å²) in [6.07, 6.45) is 1.83. The molecular formula is C26H24N4O3. The van der Waals surface area contributed by atoms with Crippen molar-refractivity contribution in [1.29, 1.82) is 5.26 Å². The fourth-order valence-corrected chi connectivity index (χ4v) is 4.26. The van der Waals surface area contributed by atoms with Gasteiger partial charge in [0.2, 0.25) is 5.91 Å². The number of hydrogen-bond donors (Lipinski definition) is 2. The molecule has 0 fully saturated rings. The monoisotopic (exact) mass is 440 g/mol. The lowest BCUT2D eigenvalue weighted by atomic mass is 10.1. The Hall–Kier alpha value is -4.18. The molecule has 4 rings (SSSR count). The van der Waals surface area contributed by atoms with E-state index in [1.165, 1.54) is 10.1 Å². The number of nitrogens with zero attached hydrogens (tertiary/aromatic N) is 2. The molecule has 0 aliphatic heterocycles. The molecule has 2 aromatic carbocycles. The van der Waals surface area contributed by atoms with Crippen molar-refractivity contribution in [3.05, 3.63) is 98.5 Å². The summed E-state index contributed by atoms with van der Waals surface area (Å²) in [5.74, 6) is -0.562. The second-order valence-corrected chi connectivity index (χ2v) is 8.24. The van der Waals surface area contributed by atoms with Crippen LogP contribution in [0.4, 0.5) is 5.69 Å². The minimum absolute atomic E-state index is 0.00226. The number of fused-ring (bicyclic) bond motifs is 1. The smallest absolute Gasteiger partial charge is 0.269 e. The average Bonchev–Trinajstić information content (AvgIpc) is 3.20. The van der Waals surface area contributed by atoms with Gasteiger partial charge in [-0.15, -0.1) is 0 Å². The van der Waals surface area contributed by atoms with Crippen molar-refractivity contribution in [1.82, 2.24) is 9.88 Å². The van der Waals surface area contributed by atoms with Gasteiger partial charge in [0, 0.05) is 16.9 Å². The highest BCUT2D eigenvalue weighted by Crippen LogP contribution is 2.30. The molecule has 33 heavy (non-hydrogen) atoms. The number of nitrogens with one attached hydrogen (secondary N) is 2. The van der Waals surface area contributed by atoms with Crippen LogP contribution in [-0.2, 0) is 17.8 Å². The van der Waals surface area contributed by atoms with Crippen LogP contribution in [0, 0.1) is 25.2 Å². The second-order valence-electron chi connectivity index (χ2n) is 8.24. The Balaban J connectivity index is 1.40. The topological polar surface area (TPSA) is 104 Å². The van der Waals surface area contributed by atoms with Crippen LogP contribution in [0.15, 0.2) is 59.4 Å². The number of carbonyl (C=O) groups is 2. The molecule has 7 nitrogen and oxygen atoms in total. The fourth-order valence-electron chi connectivity index (χ4n) is 4.26. The minimum atomic E-state index is -0.481. The van der Waals surface area contributed by atoms with Crippen LogP contribution in [0.5, 0.6) is 0 Å². The third-order valence-electron chi connectivity index (χ3n) is 5.99. The van der Waals surface area contributed by atoms with Gasteiger partial charge in [0.25, 0.3) is 11.5 Å². The summed E-state index contributed by atoms with van der Waals surface area (Å²) >= 11 is 0. The van der Waals surface area contributed by atoms with Crippen LogP contribution in [0.1, 0.15) is 50.8 Å². The zero-order valence-corrected chi connectivity index (χ0v) is 18.5. The molecule has 0 unspecified atom stereocenters. The van der Waals surface area contributed by atoms with Crippen molar-refractivity contribution in [3.63, 3.8) is 0 Å². The van der Waals surface area contributed by atoms with Crippen molar-refractivity contribution in [3.8, 4) is 6.07 Å². The van der Waals surface area contributed by atoms with Crippen LogP contribution >= 0.6 is 0 Å². The molecule has 3 aromatic rings. The van der Waals surface area contributed by atoms with E-state index in [0.29, 0.717) is 22.5 Å². The Labute approximate surface area is 191 Å². The molecule has 2 amide bonds. The molecule has 0 saturated carbocycles. The third-order valence-corrected chi connectivity index (χ3v) is 5.99. The summed E-state index contributed by atoms with van der Waals surface area (Å²) in [5, 5.41) is 15.0. The van der Waals surface area contributed by atoms with E-state index in [1.54, 1.807) is 44.2 Å². The van der Waals surface area contributed by atoms with Crippen molar-refractivity contribution < 1.29 is 9.59 Å². The van der Waals surface area contributed by atoms with Crippen molar-refractivity contribution in [2.45, 2.75) is 39.3 Å². The van der Waals surface area contributed by atoms with Gasteiger partial charge in [-0.05, 0) is 73.7 Å². The van der Waals surface area contributed by atoms with E-state index in [1.807, 2.05) is 24.3 Å². The lowest BCUT2D eigenvalue weighted by Crippen LogP contribution is -2.31. The van der Waals surface area contributed by atoms with Crippen molar-refractivity contribution in [2.24, 2.45) is 0 Å². The number of benzene rings is 2. The Morgan fingerprint density at radius 2 is 1.85 bits per heavy atom. The molecule has 2 N–H and O–H groups in total. The molecule has 166 valence electrons. The van der Waals surface area contributed by atoms with Gasteiger partial charge in [0.1, 0.15) is 18.2 Å².